The van der Waals surface area contributed by atoms with Crippen molar-refractivity contribution in [1.82, 2.24) is 14.3 Å². The Kier molecular flexibility index (Phi) is 4.33. The van der Waals surface area contributed by atoms with Crippen LogP contribution in [0.25, 0.3) is 11.3 Å². The maximum atomic E-state index is 11.9. The highest BCUT2D eigenvalue weighted by atomic mass is 32.2. The van der Waals surface area contributed by atoms with Crippen LogP contribution in [0, 0.1) is 0 Å². The topological polar surface area (TPSA) is 100 Å². The van der Waals surface area contributed by atoms with Crippen LogP contribution in [-0.2, 0) is 10.0 Å². The second-order valence-electron chi connectivity index (χ2n) is 5.77. The first kappa shape index (κ1) is 16.5. The monoisotopic (exact) mass is 347 g/mol. The standard InChI is InChI=1S/C16H17N3O4S/c1-24(22,23)19-6-2-3-15(19)11-4-5-18-14(8-11)12-7-13(16(20)21)10-17-9-12/h4-5,7-10,15H,2-3,6H2,1H3,(H,20,21)/t15-/m1/s1. The Morgan fingerprint density at radius 3 is 2.83 bits per heavy atom. The first-order valence-corrected chi connectivity index (χ1v) is 9.32. The molecule has 126 valence electrons. The lowest BCUT2D eigenvalue weighted by Crippen LogP contribution is -2.29. The van der Waals surface area contributed by atoms with Gasteiger partial charge in [-0.3, -0.25) is 9.97 Å². The molecule has 2 aromatic heterocycles. The van der Waals surface area contributed by atoms with Crippen LogP contribution in [0.2, 0.25) is 0 Å². The Labute approximate surface area is 140 Å². The summed E-state index contributed by atoms with van der Waals surface area (Å²) in [6, 6.07) is 4.89. The molecule has 1 saturated heterocycles. The highest BCUT2D eigenvalue weighted by molar-refractivity contribution is 7.88. The van der Waals surface area contributed by atoms with Gasteiger partial charge in [0.2, 0.25) is 10.0 Å². The zero-order valence-corrected chi connectivity index (χ0v) is 13.9. The van der Waals surface area contributed by atoms with Gasteiger partial charge in [-0.05, 0) is 36.6 Å². The van der Waals surface area contributed by atoms with Crippen LogP contribution in [0.3, 0.4) is 0 Å². The average Bonchev–Trinajstić information content (AvgIpc) is 3.05. The molecule has 1 aliphatic heterocycles. The molecule has 1 atom stereocenters. The lowest BCUT2D eigenvalue weighted by atomic mass is 10.0. The average molecular weight is 347 g/mol. The van der Waals surface area contributed by atoms with Gasteiger partial charge in [-0.1, -0.05) is 0 Å². The summed E-state index contributed by atoms with van der Waals surface area (Å²) in [5.74, 6) is -1.06. The smallest absolute Gasteiger partial charge is 0.337 e. The molecule has 0 unspecified atom stereocenters. The predicted octanol–water partition coefficient (Wildman–Crippen LogP) is 1.94. The molecule has 1 aliphatic rings. The van der Waals surface area contributed by atoms with Crippen LogP contribution in [-0.4, -0.2) is 46.6 Å². The summed E-state index contributed by atoms with van der Waals surface area (Å²) in [6.45, 7) is 0.511. The van der Waals surface area contributed by atoms with Crippen molar-refractivity contribution in [2.24, 2.45) is 0 Å². The van der Waals surface area contributed by atoms with Crippen LogP contribution in [0.15, 0.2) is 36.8 Å². The third-order valence-electron chi connectivity index (χ3n) is 4.08. The number of aromatic carboxylic acids is 1. The Morgan fingerprint density at radius 2 is 2.12 bits per heavy atom. The molecular formula is C16H17N3O4S. The summed E-state index contributed by atoms with van der Waals surface area (Å²) < 4.78 is 25.4. The van der Waals surface area contributed by atoms with Crippen molar-refractivity contribution < 1.29 is 18.3 Å². The van der Waals surface area contributed by atoms with Crippen molar-refractivity contribution >= 4 is 16.0 Å². The van der Waals surface area contributed by atoms with Crippen molar-refractivity contribution in [2.45, 2.75) is 18.9 Å². The molecule has 0 aromatic carbocycles. The van der Waals surface area contributed by atoms with Gasteiger partial charge in [0.1, 0.15) is 0 Å². The molecule has 7 nitrogen and oxygen atoms in total. The van der Waals surface area contributed by atoms with Crippen molar-refractivity contribution in [3.8, 4) is 11.3 Å². The molecular weight excluding hydrogens is 330 g/mol. The van der Waals surface area contributed by atoms with Gasteiger partial charge in [0.05, 0.1) is 17.5 Å². The van der Waals surface area contributed by atoms with E-state index >= 15 is 0 Å². The van der Waals surface area contributed by atoms with E-state index < -0.39 is 16.0 Å². The molecule has 0 aliphatic carbocycles. The molecule has 0 spiro atoms. The number of hydrogen-bond donors (Lipinski definition) is 1. The SMILES string of the molecule is CS(=O)(=O)N1CCC[C@@H]1c1ccnc(-c2cncc(C(=O)O)c2)c1. The van der Waals surface area contributed by atoms with E-state index in [1.54, 1.807) is 24.5 Å². The molecule has 1 fully saturated rings. The van der Waals surface area contributed by atoms with E-state index in [1.165, 1.54) is 22.8 Å². The van der Waals surface area contributed by atoms with E-state index in [9.17, 15) is 13.2 Å². The molecule has 8 heteroatoms. The summed E-state index contributed by atoms with van der Waals surface area (Å²) in [5.41, 5.74) is 2.09. The molecule has 2 aromatic rings. The van der Waals surface area contributed by atoms with E-state index in [2.05, 4.69) is 9.97 Å². The van der Waals surface area contributed by atoms with Gasteiger partial charge >= 0.3 is 5.97 Å². The van der Waals surface area contributed by atoms with Gasteiger partial charge in [0.25, 0.3) is 0 Å². The van der Waals surface area contributed by atoms with Crippen LogP contribution < -0.4 is 0 Å². The van der Waals surface area contributed by atoms with Crippen LogP contribution in [0.1, 0.15) is 34.8 Å². The number of aromatic nitrogens is 2. The molecule has 0 amide bonds. The number of carbonyl (C=O) groups is 1. The highest BCUT2D eigenvalue weighted by Crippen LogP contribution is 2.34. The zero-order valence-electron chi connectivity index (χ0n) is 13.1. The lowest BCUT2D eigenvalue weighted by molar-refractivity contribution is 0.0696. The number of sulfonamides is 1. The summed E-state index contributed by atoms with van der Waals surface area (Å²) in [4.78, 5) is 19.3. The second-order valence-corrected chi connectivity index (χ2v) is 7.71. The van der Waals surface area contributed by atoms with Gasteiger partial charge in [-0.25, -0.2) is 13.2 Å². The molecule has 1 N–H and O–H groups in total. The number of rotatable bonds is 4. The maximum absolute atomic E-state index is 11.9. The summed E-state index contributed by atoms with van der Waals surface area (Å²) in [6.07, 6.45) is 7.21. The fourth-order valence-corrected chi connectivity index (χ4v) is 4.13. The van der Waals surface area contributed by atoms with Gasteiger partial charge in [0, 0.05) is 36.7 Å². The summed E-state index contributed by atoms with van der Waals surface area (Å²) in [7, 11) is -3.27. The van der Waals surface area contributed by atoms with E-state index in [1.807, 2.05) is 0 Å². The Bertz CT molecular complexity index is 882. The Morgan fingerprint density at radius 1 is 1.33 bits per heavy atom. The molecule has 0 saturated carbocycles. The normalized spacial score (nSPS) is 18.6. The third-order valence-corrected chi connectivity index (χ3v) is 5.37. The van der Waals surface area contributed by atoms with Crippen LogP contribution in [0.4, 0.5) is 0 Å². The van der Waals surface area contributed by atoms with Gasteiger partial charge in [-0.2, -0.15) is 4.31 Å². The van der Waals surface area contributed by atoms with Crippen molar-refractivity contribution in [3.05, 3.63) is 47.9 Å². The molecule has 3 heterocycles. The van der Waals surface area contributed by atoms with E-state index in [-0.39, 0.29) is 11.6 Å². The van der Waals surface area contributed by atoms with Crippen molar-refractivity contribution in [2.75, 3.05) is 12.8 Å². The Hall–Kier alpha value is -2.32. The number of carboxylic acid groups (broad SMARTS) is 1. The number of nitrogens with zero attached hydrogens (tertiary/aromatic N) is 3. The molecule has 3 rings (SSSR count). The van der Waals surface area contributed by atoms with Crippen molar-refractivity contribution in [1.29, 1.82) is 0 Å². The predicted molar refractivity (Wildman–Crippen MR) is 88.0 cm³/mol. The van der Waals surface area contributed by atoms with E-state index in [0.29, 0.717) is 17.8 Å². The number of carboxylic acids is 1. The quantitative estimate of drug-likeness (QED) is 0.907. The first-order chi connectivity index (χ1) is 11.4. The molecule has 0 bridgehead atoms. The largest absolute Gasteiger partial charge is 0.478 e. The van der Waals surface area contributed by atoms with Crippen molar-refractivity contribution in [3.63, 3.8) is 0 Å². The lowest BCUT2D eigenvalue weighted by Gasteiger charge is -2.22. The molecule has 24 heavy (non-hydrogen) atoms. The fourth-order valence-electron chi connectivity index (χ4n) is 2.98. The molecule has 0 radical (unpaired) electrons. The minimum absolute atomic E-state index is 0.0818. The van der Waals surface area contributed by atoms with Gasteiger partial charge in [-0.15, -0.1) is 0 Å². The minimum Gasteiger partial charge on any atom is -0.478 e. The van der Waals surface area contributed by atoms with E-state index in [4.69, 9.17) is 5.11 Å². The number of pyridine rings is 2. The third kappa shape index (κ3) is 3.29. The van der Waals surface area contributed by atoms with E-state index in [0.717, 1.165) is 18.4 Å². The second kappa shape index (κ2) is 6.29. The highest BCUT2D eigenvalue weighted by Gasteiger charge is 2.32. The Balaban J connectivity index is 1.98. The summed E-state index contributed by atoms with van der Waals surface area (Å²) in [5, 5.41) is 9.07. The minimum atomic E-state index is -3.27. The van der Waals surface area contributed by atoms with Crippen LogP contribution in [0.5, 0.6) is 0 Å². The van der Waals surface area contributed by atoms with Crippen LogP contribution >= 0.6 is 0 Å². The number of hydrogen-bond acceptors (Lipinski definition) is 5. The summed E-state index contributed by atoms with van der Waals surface area (Å²) >= 11 is 0. The fraction of sp³-hybridized carbons (Fsp3) is 0.312. The first-order valence-electron chi connectivity index (χ1n) is 7.48. The van der Waals surface area contributed by atoms with Gasteiger partial charge < -0.3 is 5.11 Å². The van der Waals surface area contributed by atoms with Gasteiger partial charge in [0.15, 0.2) is 0 Å². The maximum Gasteiger partial charge on any atom is 0.337 e. The zero-order chi connectivity index (χ0) is 17.3.